The smallest absolute Gasteiger partial charge is 0.213 e. The first-order valence-corrected chi connectivity index (χ1v) is 12.9. The quantitative estimate of drug-likeness (QED) is 0.315. The molecule has 0 amide bonds. The Bertz CT molecular complexity index is 1510. The molecule has 12 nitrogen and oxygen atoms in total. The van der Waals surface area contributed by atoms with E-state index in [1.807, 2.05) is 0 Å². The summed E-state index contributed by atoms with van der Waals surface area (Å²) in [4.78, 5) is 12.4. The van der Waals surface area contributed by atoms with E-state index in [-0.39, 0.29) is 23.9 Å². The standard InChI is InChI=1S/C24H26FN7O5S/c1-14(23-27-12-15(25)13-28-23)19(38(26,33)34)11-20-30-31-24(16-7-5-10-21(29-16)37-4)32(20)22-17(35-2)8-6-9-18(22)36-3/h5-10,12-14,19H,11H2,1-4H3,(H2,26,33,34). The Morgan fingerprint density at radius 1 is 0.974 bits per heavy atom. The summed E-state index contributed by atoms with van der Waals surface area (Å²) in [5.41, 5.74) is 0.828. The number of halogens is 1. The topological polar surface area (TPSA) is 157 Å². The molecule has 2 atom stereocenters. The van der Waals surface area contributed by atoms with Crippen molar-refractivity contribution < 1.29 is 27.0 Å². The third kappa shape index (κ3) is 5.40. The molecule has 3 heterocycles. The molecule has 2 unspecified atom stereocenters. The highest BCUT2D eigenvalue weighted by atomic mass is 32.2. The minimum absolute atomic E-state index is 0.112. The zero-order valence-corrected chi connectivity index (χ0v) is 21.9. The number of rotatable bonds is 10. The molecule has 2 N–H and O–H groups in total. The third-order valence-electron chi connectivity index (χ3n) is 5.93. The summed E-state index contributed by atoms with van der Waals surface area (Å²) in [5.74, 6) is 0.325. The second-order valence-electron chi connectivity index (χ2n) is 8.23. The molecule has 0 radical (unpaired) electrons. The molecule has 0 fully saturated rings. The lowest BCUT2D eigenvalue weighted by atomic mass is 10.0. The number of ether oxygens (including phenoxy) is 3. The molecule has 38 heavy (non-hydrogen) atoms. The minimum atomic E-state index is -4.17. The van der Waals surface area contributed by atoms with Crippen LogP contribution < -0.4 is 19.3 Å². The minimum Gasteiger partial charge on any atom is -0.494 e. The van der Waals surface area contributed by atoms with Crippen LogP contribution in [0, 0.1) is 5.82 Å². The van der Waals surface area contributed by atoms with Crippen molar-refractivity contribution in [2.24, 2.45) is 5.14 Å². The highest BCUT2D eigenvalue weighted by molar-refractivity contribution is 7.89. The van der Waals surface area contributed by atoms with E-state index in [1.165, 1.54) is 21.3 Å². The maximum atomic E-state index is 13.4. The van der Waals surface area contributed by atoms with Gasteiger partial charge in [-0.15, -0.1) is 10.2 Å². The van der Waals surface area contributed by atoms with Crippen LogP contribution in [-0.2, 0) is 16.4 Å². The van der Waals surface area contributed by atoms with Crippen molar-refractivity contribution in [3.05, 3.63) is 66.3 Å². The Kier molecular flexibility index (Phi) is 7.83. The summed E-state index contributed by atoms with van der Waals surface area (Å²) in [6.07, 6.45) is 1.74. The van der Waals surface area contributed by atoms with Crippen LogP contribution in [0.15, 0.2) is 48.8 Å². The number of primary sulfonamides is 1. The van der Waals surface area contributed by atoms with E-state index in [0.29, 0.717) is 28.8 Å². The number of para-hydroxylation sites is 1. The average Bonchev–Trinajstić information content (AvgIpc) is 3.33. The third-order valence-corrected chi connectivity index (χ3v) is 7.35. The predicted octanol–water partition coefficient (Wildman–Crippen LogP) is 2.29. The van der Waals surface area contributed by atoms with Crippen molar-refractivity contribution >= 4 is 10.0 Å². The Balaban J connectivity index is 1.92. The van der Waals surface area contributed by atoms with Gasteiger partial charge in [-0.2, -0.15) is 0 Å². The van der Waals surface area contributed by atoms with Crippen LogP contribution in [0.25, 0.3) is 17.2 Å². The van der Waals surface area contributed by atoms with E-state index >= 15 is 0 Å². The largest absolute Gasteiger partial charge is 0.494 e. The zero-order valence-electron chi connectivity index (χ0n) is 21.1. The average molecular weight is 544 g/mol. The van der Waals surface area contributed by atoms with Crippen molar-refractivity contribution in [2.75, 3.05) is 21.3 Å². The fraction of sp³-hybridized carbons (Fsp3) is 0.292. The number of sulfonamides is 1. The van der Waals surface area contributed by atoms with Gasteiger partial charge in [0, 0.05) is 18.4 Å². The van der Waals surface area contributed by atoms with E-state index in [4.69, 9.17) is 19.3 Å². The van der Waals surface area contributed by atoms with Gasteiger partial charge >= 0.3 is 0 Å². The fourth-order valence-electron chi connectivity index (χ4n) is 4.04. The Morgan fingerprint density at radius 2 is 1.61 bits per heavy atom. The van der Waals surface area contributed by atoms with E-state index in [1.54, 1.807) is 47.9 Å². The van der Waals surface area contributed by atoms with Gasteiger partial charge in [0.25, 0.3) is 0 Å². The Morgan fingerprint density at radius 3 is 2.18 bits per heavy atom. The van der Waals surface area contributed by atoms with Crippen LogP contribution in [0.4, 0.5) is 4.39 Å². The number of hydrogen-bond acceptors (Lipinski definition) is 10. The molecule has 0 aliphatic rings. The summed E-state index contributed by atoms with van der Waals surface area (Å²) in [7, 11) is 0.303. The maximum absolute atomic E-state index is 13.4. The molecule has 200 valence electrons. The van der Waals surface area contributed by atoms with Gasteiger partial charge in [0.1, 0.15) is 34.5 Å². The molecule has 0 bridgehead atoms. The molecule has 0 aliphatic carbocycles. The van der Waals surface area contributed by atoms with Gasteiger partial charge in [-0.05, 0) is 18.2 Å². The summed E-state index contributed by atoms with van der Waals surface area (Å²) in [5, 5.41) is 13.1. The molecule has 0 saturated heterocycles. The van der Waals surface area contributed by atoms with Crippen LogP contribution in [-0.4, -0.2) is 64.7 Å². The van der Waals surface area contributed by atoms with E-state index in [9.17, 15) is 12.8 Å². The number of benzene rings is 1. The highest BCUT2D eigenvalue weighted by Gasteiger charge is 2.34. The lowest BCUT2D eigenvalue weighted by molar-refractivity contribution is 0.390. The number of methoxy groups -OCH3 is 3. The molecule has 4 rings (SSSR count). The summed E-state index contributed by atoms with van der Waals surface area (Å²) < 4.78 is 57.0. The lowest BCUT2D eigenvalue weighted by Crippen LogP contribution is -2.36. The highest BCUT2D eigenvalue weighted by Crippen LogP contribution is 2.37. The van der Waals surface area contributed by atoms with Crippen LogP contribution in [0.2, 0.25) is 0 Å². The number of pyridine rings is 1. The Hall–Kier alpha value is -4.17. The molecule has 1 aromatic carbocycles. The van der Waals surface area contributed by atoms with Gasteiger partial charge in [-0.3, -0.25) is 4.57 Å². The van der Waals surface area contributed by atoms with E-state index in [0.717, 1.165) is 12.4 Å². The van der Waals surface area contributed by atoms with Crippen molar-refractivity contribution in [1.82, 2.24) is 29.7 Å². The zero-order chi connectivity index (χ0) is 27.4. The first kappa shape index (κ1) is 26.9. The van der Waals surface area contributed by atoms with Crippen LogP contribution in [0.1, 0.15) is 24.5 Å². The molecule has 0 spiro atoms. The number of nitrogens with zero attached hydrogens (tertiary/aromatic N) is 6. The predicted molar refractivity (Wildman–Crippen MR) is 135 cm³/mol. The van der Waals surface area contributed by atoms with Gasteiger partial charge in [-0.25, -0.2) is 32.9 Å². The number of nitrogens with two attached hydrogens (primary N) is 1. The summed E-state index contributed by atoms with van der Waals surface area (Å²) in [6.45, 7) is 1.59. The molecule has 3 aromatic heterocycles. The fourth-order valence-corrected chi connectivity index (χ4v) is 5.11. The summed E-state index contributed by atoms with van der Waals surface area (Å²) >= 11 is 0. The van der Waals surface area contributed by atoms with Crippen LogP contribution in [0.5, 0.6) is 17.4 Å². The number of hydrogen-bond donors (Lipinski definition) is 1. The van der Waals surface area contributed by atoms with Gasteiger partial charge in [0.05, 0.1) is 39.0 Å². The summed E-state index contributed by atoms with van der Waals surface area (Å²) in [6, 6.07) is 10.3. The maximum Gasteiger partial charge on any atom is 0.213 e. The Labute approximate surface area is 218 Å². The number of aromatic nitrogens is 6. The first-order chi connectivity index (χ1) is 18.2. The van der Waals surface area contributed by atoms with Crippen molar-refractivity contribution in [3.8, 4) is 34.6 Å². The van der Waals surface area contributed by atoms with Crippen LogP contribution >= 0.6 is 0 Å². The molecule has 0 aliphatic heterocycles. The van der Waals surface area contributed by atoms with E-state index < -0.39 is 27.0 Å². The van der Waals surface area contributed by atoms with Crippen molar-refractivity contribution in [2.45, 2.75) is 24.5 Å². The van der Waals surface area contributed by atoms with Crippen molar-refractivity contribution in [1.29, 1.82) is 0 Å². The van der Waals surface area contributed by atoms with Gasteiger partial charge in [0.2, 0.25) is 15.9 Å². The van der Waals surface area contributed by atoms with Gasteiger partial charge in [-0.1, -0.05) is 19.1 Å². The molecule has 0 saturated carbocycles. The van der Waals surface area contributed by atoms with Gasteiger partial charge < -0.3 is 14.2 Å². The molecule has 4 aromatic rings. The van der Waals surface area contributed by atoms with Crippen molar-refractivity contribution in [3.63, 3.8) is 0 Å². The normalized spacial score (nSPS) is 13.1. The monoisotopic (exact) mass is 543 g/mol. The van der Waals surface area contributed by atoms with E-state index in [2.05, 4.69) is 25.1 Å². The van der Waals surface area contributed by atoms with Gasteiger partial charge in [0.15, 0.2) is 11.6 Å². The SMILES string of the molecule is COc1cccc(-c2nnc(CC(C(C)c3ncc(F)cn3)S(N)(=O)=O)n2-c2c(OC)cccc2OC)n1. The second kappa shape index (κ2) is 11.1. The molecular weight excluding hydrogens is 517 g/mol. The second-order valence-corrected chi connectivity index (χ2v) is 10.0. The lowest BCUT2D eigenvalue weighted by Gasteiger charge is -2.22. The first-order valence-electron chi connectivity index (χ1n) is 11.3. The molecule has 14 heteroatoms. The molecular formula is C24H26FN7O5S. The van der Waals surface area contributed by atoms with Crippen LogP contribution in [0.3, 0.4) is 0 Å².